The topological polar surface area (TPSA) is 109 Å². The van der Waals surface area contributed by atoms with Crippen LogP contribution in [0.25, 0.3) is 0 Å². The van der Waals surface area contributed by atoms with Crippen molar-refractivity contribution in [2.75, 3.05) is 5.32 Å². The van der Waals surface area contributed by atoms with Crippen LogP contribution in [0.2, 0.25) is 0 Å². The molecule has 1 aromatic carbocycles. The number of allylic oxidation sites excluding steroid dienone is 2. The second-order valence-electron chi connectivity index (χ2n) is 4.93. The number of carbonyl (C=O) groups is 3. The van der Waals surface area contributed by atoms with Gasteiger partial charge in [0, 0.05) is 11.3 Å². The third-order valence-corrected chi connectivity index (χ3v) is 3.50. The lowest BCUT2D eigenvalue weighted by atomic mass is 9.82. The maximum absolute atomic E-state index is 12.2. The van der Waals surface area contributed by atoms with Crippen LogP contribution in [-0.2, 0) is 9.59 Å². The van der Waals surface area contributed by atoms with Crippen molar-refractivity contribution in [3.05, 3.63) is 42.0 Å². The number of hydrogen-bond acceptors (Lipinski definition) is 3. The maximum atomic E-state index is 12.2. The van der Waals surface area contributed by atoms with Crippen molar-refractivity contribution in [2.45, 2.75) is 12.8 Å². The molecule has 2 amide bonds. The Morgan fingerprint density at radius 2 is 1.81 bits per heavy atom. The molecular weight excluding hydrogens is 272 g/mol. The van der Waals surface area contributed by atoms with Crippen LogP contribution >= 0.6 is 0 Å². The highest BCUT2D eigenvalue weighted by molar-refractivity contribution is 5.98. The Labute approximate surface area is 121 Å². The number of anilines is 1. The van der Waals surface area contributed by atoms with Crippen molar-refractivity contribution >= 4 is 23.5 Å². The van der Waals surface area contributed by atoms with E-state index in [1.807, 2.05) is 6.08 Å². The van der Waals surface area contributed by atoms with Crippen LogP contribution in [0.4, 0.5) is 5.69 Å². The summed E-state index contributed by atoms with van der Waals surface area (Å²) in [5, 5.41) is 11.8. The summed E-state index contributed by atoms with van der Waals surface area (Å²) in [7, 11) is 0. The van der Waals surface area contributed by atoms with Gasteiger partial charge in [-0.2, -0.15) is 0 Å². The largest absolute Gasteiger partial charge is 0.481 e. The Kier molecular flexibility index (Phi) is 4.37. The molecule has 2 rings (SSSR count). The zero-order chi connectivity index (χ0) is 15.4. The molecule has 0 saturated heterocycles. The van der Waals surface area contributed by atoms with Crippen molar-refractivity contribution in [1.82, 2.24) is 0 Å². The molecule has 0 aromatic heterocycles. The fraction of sp³-hybridized carbons (Fsp3) is 0.267. The van der Waals surface area contributed by atoms with E-state index in [0.29, 0.717) is 18.5 Å². The second kappa shape index (κ2) is 6.21. The third-order valence-electron chi connectivity index (χ3n) is 3.50. The van der Waals surface area contributed by atoms with E-state index in [2.05, 4.69) is 5.32 Å². The number of carboxylic acids is 1. The number of amides is 2. The summed E-state index contributed by atoms with van der Waals surface area (Å²) in [5.74, 6) is -3.28. The number of hydrogen-bond donors (Lipinski definition) is 3. The number of rotatable bonds is 4. The maximum Gasteiger partial charge on any atom is 0.307 e. The summed E-state index contributed by atoms with van der Waals surface area (Å²) < 4.78 is 0. The molecule has 110 valence electrons. The molecule has 2 unspecified atom stereocenters. The van der Waals surface area contributed by atoms with E-state index in [9.17, 15) is 14.4 Å². The molecule has 6 heteroatoms. The second-order valence-corrected chi connectivity index (χ2v) is 4.93. The highest BCUT2D eigenvalue weighted by atomic mass is 16.4. The van der Waals surface area contributed by atoms with Gasteiger partial charge in [0.2, 0.25) is 11.8 Å². The Morgan fingerprint density at radius 1 is 1.14 bits per heavy atom. The molecule has 0 radical (unpaired) electrons. The van der Waals surface area contributed by atoms with Crippen LogP contribution in [0.3, 0.4) is 0 Å². The lowest BCUT2D eigenvalue weighted by Gasteiger charge is -2.24. The molecule has 1 aromatic rings. The normalized spacial score (nSPS) is 20.8. The van der Waals surface area contributed by atoms with Crippen LogP contribution in [0.1, 0.15) is 23.2 Å². The predicted molar refractivity (Wildman–Crippen MR) is 76.6 cm³/mol. The summed E-state index contributed by atoms with van der Waals surface area (Å²) in [6, 6.07) is 6.24. The van der Waals surface area contributed by atoms with Gasteiger partial charge in [-0.15, -0.1) is 0 Å². The van der Waals surface area contributed by atoms with Gasteiger partial charge in [0.1, 0.15) is 0 Å². The Morgan fingerprint density at radius 3 is 2.43 bits per heavy atom. The summed E-state index contributed by atoms with van der Waals surface area (Å²) in [5.41, 5.74) is 5.89. The molecular formula is C15H16N2O4. The number of aliphatic carboxylic acids is 1. The van der Waals surface area contributed by atoms with Crippen LogP contribution < -0.4 is 11.1 Å². The fourth-order valence-corrected chi connectivity index (χ4v) is 2.36. The first-order valence-electron chi connectivity index (χ1n) is 6.57. The van der Waals surface area contributed by atoms with Gasteiger partial charge in [-0.25, -0.2) is 0 Å². The van der Waals surface area contributed by atoms with E-state index < -0.39 is 23.7 Å². The van der Waals surface area contributed by atoms with Crippen LogP contribution in [0.15, 0.2) is 36.4 Å². The number of carbonyl (C=O) groups excluding carboxylic acids is 2. The molecule has 0 heterocycles. The molecule has 0 spiro atoms. The van der Waals surface area contributed by atoms with Gasteiger partial charge in [0.25, 0.3) is 0 Å². The lowest BCUT2D eigenvalue weighted by molar-refractivity contribution is -0.146. The highest BCUT2D eigenvalue weighted by Gasteiger charge is 2.33. The van der Waals surface area contributed by atoms with E-state index in [0.717, 1.165) is 0 Å². The minimum absolute atomic E-state index is 0.283. The summed E-state index contributed by atoms with van der Waals surface area (Å²) >= 11 is 0. The van der Waals surface area contributed by atoms with Gasteiger partial charge in [0.05, 0.1) is 11.8 Å². The van der Waals surface area contributed by atoms with E-state index >= 15 is 0 Å². The van der Waals surface area contributed by atoms with Gasteiger partial charge >= 0.3 is 5.97 Å². The van der Waals surface area contributed by atoms with Crippen LogP contribution in [-0.4, -0.2) is 22.9 Å². The minimum Gasteiger partial charge on any atom is -0.481 e. The van der Waals surface area contributed by atoms with Gasteiger partial charge in [-0.05, 0) is 31.0 Å². The molecule has 2 atom stereocenters. The molecule has 1 aliphatic rings. The monoisotopic (exact) mass is 288 g/mol. The number of nitrogens with one attached hydrogen (secondary N) is 1. The molecule has 0 aliphatic heterocycles. The van der Waals surface area contributed by atoms with Crippen molar-refractivity contribution in [2.24, 2.45) is 17.6 Å². The van der Waals surface area contributed by atoms with Crippen LogP contribution in [0, 0.1) is 11.8 Å². The van der Waals surface area contributed by atoms with Gasteiger partial charge in [-0.1, -0.05) is 18.2 Å². The highest BCUT2D eigenvalue weighted by Crippen LogP contribution is 2.27. The Hall–Kier alpha value is -2.63. The summed E-state index contributed by atoms with van der Waals surface area (Å²) in [6.07, 6.45) is 4.31. The first-order chi connectivity index (χ1) is 9.99. The SMILES string of the molecule is NC(=O)c1cccc(NC(=O)C2CC=CCC2C(=O)O)c1. The standard InChI is InChI=1S/C15H16N2O4/c16-13(18)9-4-3-5-10(8-9)17-14(19)11-6-1-2-7-12(11)15(20)21/h1-5,8,11-12H,6-7H2,(H2,16,18)(H,17,19)(H,20,21). The average Bonchev–Trinajstić information content (AvgIpc) is 2.47. The zero-order valence-corrected chi connectivity index (χ0v) is 11.3. The van der Waals surface area contributed by atoms with E-state index in [-0.39, 0.29) is 11.5 Å². The first kappa shape index (κ1) is 14.8. The van der Waals surface area contributed by atoms with E-state index in [1.54, 1.807) is 24.3 Å². The van der Waals surface area contributed by atoms with Crippen molar-refractivity contribution in [3.8, 4) is 0 Å². The Balaban J connectivity index is 2.13. The number of benzene rings is 1. The minimum atomic E-state index is -0.981. The Bertz CT molecular complexity index is 609. The predicted octanol–water partition coefficient (Wildman–Crippen LogP) is 1.39. The van der Waals surface area contributed by atoms with Crippen molar-refractivity contribution < 1.29 is 19.5 Å². The van der Waals surface area contributed by atoms with Crippen LogP contribution in [0.5, 0.6) is 0 Å². The summed E-state index contributed by atoms with van der Waals surface area (Å²) in [6.45, 7) is 0. The molecule has 0 fully saturated rings. The quantitative estimate of drug-likeness (QED) is 0.727. The molecule has 1 aliphatic carbocycles. The molecule has 0 bridgehead atoms. The van der Waals surface area contributed by atoms with E-state index in [4.69, 9.17) is 10.8 Å². The lowest BCUT2D eigenvalue weighted by Crippen LogP contribution is -2.34. The van der Waals surface area contributed by atoms with Gasteiger partial charge in [-0.3, -0.25) is 14.4 Å². The van der Waals surface area contributed by atoms with Gasteiger partial charge in [0.15, 0.2) is 0 Å². The number of carboxylic acid groups (broad SMARTS) is 1. The van der Waals surface area contributed by atoms with Gasteiger partial charge < -0.3 is 16.2 Å². The zero-order valence-electron chi connectivity index (χ0n) is 11.3. The first-order valence-corrected chi connectivity index (χ1v) is 6.57. The fourth-order valence-electron chi connectivity index (χ4n) is 2.36. The van der Waals surface area contributed by atoms with E-state index in [1.165, 1.54) is 6.07 Å². The average molecular weight is 288 g/mol. The smallest absolute Gasteiger partial charge is 0.307 e. The summed E-state index contributed by atoms with van der Waals surface area (Å²) in [4.78, 5) is 34.5. The number of nitrogens with two attached hydrogens (primary N) is 1. The van der Waals surface area contributed by atoms with Crippen molar-refractivity contribution in [3.63, 3.8) is 0 Å². The molecule has 21 heavy (non-hydrogen) atoms. The molecule has 6 nitrogen and oxygen atoms in total. The van der Waals surface area contributed by atoms with Crippen molar-refractivity contribution in [1.29, 1.82) is 0 Å². The molecule has 4 N–H and O–H groups in total. The number of primary amides is 1. The third kappa shape index (κ3) is 3.47. The molecule has 0 saturated carbocycles.